The van der Waals surface area contributed by atoms with E-state index in [4.69, 9.17) is 16.3 Å². The Morgan fingerprint density at radius 2 is 1.72 bits per heavy atom. The lowest BCUT2D eigenvalue weighted by atomic mass is 10.2. The van der Waals surface area contributed by atoms with E-state index in [1.165, 1.54) is 7.11 Å². The Labute approximate surface area is 194 Å². The van der Waals surface area contributed by atoms with Gasteiger partial charge >= 0.3 is 0 Å². The third kappa shape index (κ3) is 8.87. The number of halogens is 2. The first-order chi connectivity index (χ1) is 13.4. The fourth-order valence-corrected chi connectivity index (χ4v) is 3.59. The van der Waals surface area contributed by atoms with E-state index in [2.05, 4.69) is 20.3 Å². The molecule has 3 N–H and O–H groups in total. The molecule has 0 unspecified atom stereocenters. The average molecular weight is 553 g/mol. The second-order valence-corrected chi connectivity index (χ2v) is 8.15. The van der Waals surface area contributed by atoms with Gasteiger partial charge in [-0.2, -0.15) is 0 Å². The van der Waals surface area contributed by atoms with Gasteiger partial charge in [0.1, 0.15) is 0 Å². The van der Waals surface area contributed by atoms with Gasteiger partial charge in [0.15, 0.2) is 5.96 Å². The molecule has 7 nitrogen and oxygen atoms in total. The second-order valence-electron chi connectivity index (χ2n) is 5.94. The van der Waals surface area contributed by atoms with Gasteiger partial charge in [-0.15, -0.1) is 24.0 Å². The van der Waals surface area contributed by atoms with Gasteiger partial charge < -0.3 is 15.4 Å². The van der Waals surface area contributed by atoms with Gasteiger partial charge in [0.05, 0.1) is 11.5 Å². The molecule has 0 aromatic heterocycles. The van der Waals surface area contributed by atoms with E-state index in [1.54, 1.807) is 25.2 Å². The van der Waals surface area contributed by atoms with Gasteiger partial charge in [-0.1, -0.05) is 35.9 Å². The quantitative estimate of drug-likeness (QED) is 0.193. The van der Waals surface area contributed by atoms with Crippen molar-refractivity contribution in [2.45, 2.75) is 18.0 Å². The summed E-state index contributed by atoms with van der Waals surface area (Å²) in [4.78, 5) is 4.40. The normalized spacial score (nSPS) is 11.6. The highest BCUT2D eigenvalue weighted by Crippen LogP contribution is 2.11. The van der Waals surface area contributed by atoms with Gasteiger partial charge in [0.25, 0.3) is 0 Å². The molecule has 0 spiro atoms. The van der Waals surface area contributed by atoms with E-state index >= 15 is 0 Å². The second kappa shape index (κ2) is 13.0. The molecule has 10 heteroatoms. The molecule has 0 fully saturated rings. The van der Waals surface area contributed by atoms with Gasteiger partial charge in [-0.3, -0.25) is 4.99 Å². The summed E-state index contributed by atoms with van der Waals surface area (Å²) in [6, 6.07) is 14.3. The highest BCUT2D eigenvalue weighted by atomic mass is 127. The number of methoxy groups -OCH3 is 1. The molecule has 0 aliphatic heterocycles. The number of hydrogen-bond donors (Lipinski definition) is 3. The summed E-state index contributed by atoms with van der Waals surface area (Å²) >= 11 is 5.89. The molecule has 0 radical (unpaired) electrons. The zero-order valence-corrected chi connectivity index (χ0v) is 20.2. The van der Waals surface area contributed by atoms with Crippen LogP contribution in [0.3, 0.4) is 0 Å². The minimum atomic E-state index is -3.56. The molecular weight excluding hydrogens is 527 g/mol. The van der Waals surface area contributed by atoms with Crippen LogP contribution in [0.2, 0.25) is 5.02 Å². The van der Waals surface area contributed by atoms with Gasteiger partial charge in [0, 0.05) is 38.8 Å². The first kappa shape index (κ1) is 25.6. The van der Waals surface area contributed by atoms with Crippen LogP contribution < -0.4 is 15.4 Å². The fourth-order valence-electron chi connectivity index (χ4n) is 2.38. The van der Waals surface area contributed by atoms with Crippen LogP contribution in [0.4, 0.5) is 0 Å². The number of guanidine groups is 1. The molecule has 2 aromatic carbocycles. The van der Waals surface area contributed by atoms with Crippen molar-refractivity contribution in [3.63, 3.8) is 0 Å². The maximum absolute atomic E-state index is 12.3. The van der Waals surface area contributed by atoms with E-state index in [9.17, 15) is 8.42 Å². The summed E-state index contributed by atoms with van der Waals surface area (Å²) in [7, 11) is -0.363. The van der Waals surface area contributed by atoms with Crippen molar-refractivity contribution < 1.29 is 13.2 Å². The van der Waals surface area contributed by atoms with E-state index < -0.39 is 10.0 Å². The van der Waals surface area contributed by atoms with Crippen molar-refractivity contribution in [2.24, 2.45) is 4.99 Å². The van der Waals surface area contributed by atoms with Crippen molar-refractivity contribution in [1.29, 1.82) is 0 Å². The van der Waals surface area contributed by atoms with Crippen molar-refractivity contribution >= 4 is 51.6 Å². The Balaban J connectivity index is 0.00000420. The maximum atomic E-state index is 12.3. The third-order valence-corrected chi connectivity index (χ3v) is 5.57. The summed E-state index contributed by atoms with van der Waals surface area (Å²) in [5.41, 5.74) is 1.90. The van der Waals surface area contributed by atoms with Crippen molar-refractivity contribution in [3.05, 3.63) is 64.7 Å². The minimum Gasteiger partial charge on any atom is -0.383 e. The Morgan fingerprint density at radius 1 is 1.07 bits per heavy atom. The van der Waals surface area contributed by atoms with Crippen LogP contribution in [0.15, 0.2) is 58.4 Å². The number of nitrogens with one attached hydrogen (secondary N) is 3. The Bertz CT molecular complexity index is 893. The first-order valence-electron chi connectivity index (χ1n) is 8.71. The maximum Gasteiger partial charge on any atom is 0.240 e. The summed E-state index contributed by atoms with van der Waals surface area (Å²) in [5.74, 6) is 0.612. The predicted molar refractivity (Wildman–Crippen MR) is 127 cm³/mol. The number of sulfonamides is 1. The van der Waals surface area contributed by atoms with Crippen molar-refractivity contribution in [2.75, 3.05) is 27.3 Å². The molecule has 0 atom stereocenters. The molecule has 0 aliphatic carbocycles. The Hall–Kier alpha value is -1.40. The SMILES string of the molecule is CN=C(NCc1ccc(Cl)cc1)NCc1cccc(S(=O)(=O)NCCOC)c1.I. The van der Waals surface area contributed by atoms with E-state index in [-0.39, 0.29) is 35.4 Å². The van der Waals surface area contributed by atoms with Crippen LogP contribution in [0, 0.1) is 0 Å². The molecule has 29 heavy (non-hydrogen) atoms. The summed E-state index contributed by atoms with van der Waals surface area (Å²) in [6.45, 7) is 1.56. The molecule has 0 heterocycles. The number of hydrogen-bond acceptors (Lipinski definition) is 4. The zero-order chi connectivity index (χ0) is 20.4. The number of rotatable bonds is 9. The van der Waals surface area contributed by atoms with Crippen LogP contribution >= 0.6 is 35.6 Å². The van der Waals surface area contributed by atoms with Gasteiger partial charge in [-0.25, -0.2) is 13.1 Å². The third-order valence-electron chi connectivity index (χ3n) is 3.86. The van der Waals surface area contributed by atoms with Crippen LogP contribution in [0.1, 0.15) is 11.1 Å². The number of nitrogens with zero attached hydrogens (tertiary/aromatic N) is 1. The Morgan fingerprint density at radius 3 is 2.34 bits per heavy atom. The van der Waals surface area contributed by atoms with Gasteiger partial charge in [-0.05, 0) is 35.4 Å². The zero-order valence-electron chi connectivity index (χ0n) is 16.3. The van der Waals surface area contributed by atoms with E-state index in [0.717, 1.165) is 11.1 Å². The van der Waals surface area contributed by atoms with Crippen molar-refractivity contribution in [1.82, 2.24) is 15.4 Å². The van der Waals surface area contributed by atoms with E-state index in [0.29, 0.717) is 30.7 Å². The monoisotopic (exact) mass is 552 g/mol. The molecule has 2 aromatic rings. The Kier molecular flexibility index (Phi) is 11.5. The first-order valence-corrected chi connectivity index (χ1v) is 10.6. The average Bonchev–Trinajstić information content (AvgIpc) is 2.70. The predicted octanol–water partition coefficient (Wildman–Crippen LogP) is 2.75. The molecule has 0 saturated heterocycles. The lowest BCUT2D eigenvalue weighted by Gasteiger charge is -2.13. The molecule has 160 valence electrons. The number of ether oxygens (including phenoxy) is 1. The van der Waals surface area contributed by atoms with Crippen LogP contribution in [0.5, 0.6) is 0 Å². The molecule has 2 rings (SSSR count). The lowest BCUT2D eigenvalue weighted by molar-refractivity contribution is 0.204. The molecule has 0 bridgehead atoms. The van der Waals surface area contributed by atoms with Gasteiger partial charge in [0.2, 0.25) is 10.0 Å². The number of aliphatic imine (C=N–C) groups is 1. The smallest absolute Gasteiger partial charge is 0.240 e. The molecule has 0 amide bonds. The highest BCUT2D eigenvalue weighted by Gasteiger charge is 2.13. The fraction of sp³-hybridized carbons (Fsp3) is 0.316. The summed E-state index contributed by atoms with van der Waals surface area (Å²) < 4.78 is 32.0. The van der Waals surface area contributed by atoms with Crippen LogP contribution in [-0.2, 0) is 27.8 Å². The molecule has 0 saturated carbocycles. The van der Waals surface area contributed by atoms with Crippen molar-refractivity contribution in [3.8, 4) is 0 Å². The molecule has 0 aliphatic rings. The molecular formula is C19H26ClIN4O3S. The number of benzene rings is 2. The minimum absolute atomic E-state index is 0. The van der Waals surface area contributed by atoms with Crippen LogP contribution in [0.25, 0.3) is 0 Å². The topological polar surface area (TPSA) is 91.8 Å². The lowest BCUT2D eigenvalue weighted by Crippen LogP contribution is -2.36. The van der Waals surface area contributed by atoms with E-state index in [1.807, 2.05) is 30.3 Å². The largest absolute Gasteiger partial charge is 0.383 e. The highest BCUT2D eigenvalue weighted by molar-refractivity contribution is 14.0. The standard InChI is InChI=1S/C19H25ClN4O3S.HI/c1-21-19(22-13-15-6-8-17(20)9-7-15)23-14-16-4-3-5-18(12-16)28(25,26)24-10-11-27-2;/h3-9,12,24H,10-11,13-14H2,1-2H3,(H2,21,22,23);1H. The summed E-state index contributed by atoms with van der Waals surface area (Å²) in [6.07, 6.45) is 0. The van der Waals surface area contributed by atoms with Crippen LogP contribution in [-0.4, -0.2) is 41.7 Å². The summed E-state index contributed by atoms with van der Waals surface area (Å²) in [5, 5.41) is 7.07.